The average molecular weight is 355 g/mol. The molecule has 1 aromatic carbocycles. The molecule has 25 heavy (non-hydrogen) atoms. The number of nitrogens with zero attached hydrogens (tertiary/aromatic N) is 2. The minimum atomic E-state index is -4.43. The van der Waals surface area contributed by atoms with Gasteiger partial charge in [-0.2, -0.15) is 13.2 Å². The van der Waals surface area contributed by atoms with E-state index in [-0.39, 0.29) is 23.8 Å². The number of aromatic nitrogens is 1. The van der Waals surface area contributed by atoms with E-state index in [1.807, 2.05) is 0 Å². The standard InChI is InChI=1S/C17H20F3N3O2/c1-4-14(16(24)21-15-9-11(2)25-22-15)23(3)10-12-7-5-6-8-13(12)17(18,19)20/h5-9,14H,4,10H2,1-3H3,(H,21,22,24). The third-order valence-electron chi connectivity index (χ3n) is 3.84. The summed E-state index contributed by atoms with van der Waals surface area (Å²) in [5.74, 6) is 0.489. The van der Waals surface area contributed by atoms with Crippen LogP contribution < -0.4 is 5.32 Å². The number of benzene rings is 1. The quantitative estimate of drug-likeness (QED) is 0.855. The van der Waals surface area contributed by atoms with Crippen molar-refractivity contribution >= 4 is 11.7 Å². The van der Waals surface area contributed by atoms with Crippen LogP contribution in [0, 0.1) is 6.92 Å². The van der Waals surface area contributed by atoms with Crippen molar-refractivity contribution in [3.05, 3.63) is 47.2 Å². The Labute approximate surface area is 143 Å². The van der Waals surface area contributed by atoms with Gasteiger partial charge in [0.25, 0.3) is 0 Å². The zero-order valence-corrected chi connectivity index (χ0v) is 14.2. The van der Waals surface area contributed by atoms with Crippen molar-refractivity contribution in [1.82, 2.24) is 10.1 Å². The highest BCUT2D eigenvalue weighted by Crippen LogP contribution is 2.32. The van der Waals surface area contributed by atoms with Crippen molar-refractivity contribution in [2.75, 3.05) is 12.4 Å². The highest BCUT2D eigenvalue weighted by molar-refractivity contribution is 5.93. The summed E-state index contributed by atoms with van der Waals surface area (Å²) in [5, 5.41) is 6.31. The fourth-order valence-electron chi connectivity index (χ4n) is 2.65. The summed E-state index contributed by atoms with van der Waals surface area (Å²) in [6.45, 7) is 3.49. The molecule has 2 aromatic rings. The lowest BCUT2D eigenvalue weighted by Gasteiger charge is -2.27. The van der Waals surface area contributed by atoms with Crippen LogP contribution in [0.4, 0.5) is 19.0 Å². The number of hydrogen-bond acceptors (Lipinski definition) is 4. The van der Waals surface area contributed by atoms with E-state index in [1.165, 1.54) is 12.1 Å². The van der Waals surface area contributed by atoms with Crippen LogP contribution in [-0.2, 0) is 17.5 Å². The first kappa shape index (κ1) is 19.0. The summed E-state index contributed by atoms with van der Waals surface area (Å²) in [6, 6.07) is 6.34. The SMILES string of the molecule is CCC(C(=O)Nc1cc(C)on1)N(C)Cc1ccccc1C(F)(F)F. The fourth-order valence-corrected chi connectivity index (χ4v) is 2.65. The lowest BCUT2D eigenvalue weighted by molar-refractivity contribution is -0.138. The number of halogens is 3. The van der Waals surface area contributed by atoms with Crippen LogP contribution >= 0.6 is 0 Å². The number of carbonyl (C=O) groups is 1. The van der Waals surface area contributed by atoms with Gasteiger partial charge in [-0.15, -0.1) is 0 Å². The van der Waals surface area contributed by atoms with E-state index in [1.54, 1.807) is 37.9 Å². The summed E-state index contributed by atoms with van der Waals surface area (Å²) in [5.41, 5.74) is -0.565. The van der Waals surface area contributed by atoms with E-state index in [0.717, 1.165) is 6.07 Å². The third kappa shape index (κ3) is 4.82. The lowest BCUT2D eigenvalue weighted by Crippen LogP contribution is -2.41. The second kappa shape index (κ2) is 7.69. The summed E-state index contributed by atoms with van der Waals surface area (Å²) in [7, 11) is 1.62. The molecule has 1 amide bonds. The Bertz CT molecular complexity index is 728. The fraction of sp³-hybridized carbons (Fsp3) is 0.412. The third-order valence-corrected chi connectivity index (χ3v) is 3.84. The number of carbonyl (C=O) groups excluding carboxylic acids is 1. The first-order chi connectivity index (χ1) is 11.7. The molecule has 1 heterocycles. The molecular formula is C17H20F3N3O2. The number of likely N-dealkylation sites (N-methyl/N-ethyl adjacent to an activating group) is 1. The maximum atomic E-state index is 13.1. The number of anilines is 1. The van der Waals surface area contributed by atoms with Crippen LogP contribution in [0.2, 0.25) is 0 Å². The van der Waals surface area contributed by atoms with Gasteiger partial charge in [0, 0.05) is 12.6 Å². The van der Waals surface area contributed by atoms with Crippen LogP contribution in [0.5, 0.6) is 0 Å². The zero-order chi connectivity index (χ0) is 18.6. The molecule has 0 aliphatic carbocycles. The molecule has 0 aliphatic heterocycles. The number of alkyl halides is 3. The predicted molar refractivity (Wildman–Crippen MR) is 86.9 cm³/mol. The Morgan fingerprint density at radius 1 is 1.36 bits per heavy atom. The molecule has 0 aliphatic rings. The second-order valence-corrected chi connectivity index (χ2v) is 5.81. The summed E-state index contributed by atoms with van der Waals surface area (Å²) in [6.07, 6.45) is -3.99. The van der Waals surface area contributed by atoms with Crippen molar-refractivity contribution in [3.8, 4) is 0 Å². The zero-order valence-electron chi connectivity index (χ0n) is 14.2. The van der Waals surface area contributed by atoms with Crippen molar-refractivity contribution in [1.29, 1.82) is 0 Å². The van der Waals surface area contributed by atoms with Crippen LogP contribution in [0.25, 0.3) is 0 Å². The van der Waals surface area contributed by atoms with Crippen molar-refractivity contribution < 1.29 is 22.5 Å². The maximum absolute atomic E-state index is 13.1. The first-order valence-electron chi connectivity index (χ1n) is 7.82. The minimum Gasteiger partial charge on any atom is -0.360 e. The number of hydrogen-bond donors (Lipinski definition) is 1. The Balaban J connectivity index is 2.12. The number of amides is 1. The Morgan fingerprint density at radius 2 is 2.04 bits per heavy atom. The van der Waals surface area contributed by atoms with E-state index in [4.69, 9.17) is 4.52 Å². The molecule has 5 nitrogen and oxygen atoms in total. The Kier molecular flexibility index (Phi) is 5.84. The van der Waals surface area contributed by atoms with Crippen LogP contribution in [0.1, 0.15) is 30.2 Å². The van der Waals surface area contributed by atoms with Gasteiger partial charge in [-0.05, 0) is 32.0 Å². The van der Waals surface area contributed by atoms with E-state index < -0.39 is 17.8 Å². The van der Waals surface area contributed by atoms with Gasteiger partial charge in [0.2, 0.25) is 5.91 Å². The van der Waals surface area contributed by atoms with E-state index in [2.05, 4.69) is 10.5 Å². The predicted octanol–water partition coefficient (Wildman–Crippen LogP) is 3.85. The Hall–Kier alpha value is -2.35. The first-order valence-corrected chi connectivity index (χ1v) is 7.82. The summed E-state index contributed by atoms with van der Waals surface area (Å²) >= 11 is 0. The summed E-state index contributed by atoms with van der Waals surface area (Å²) < 4.78 is 44.2. The molecule has 0 spiro atoms. The van der Waals surface area contributed by atoms with Gasteiger partial charge >= 0.3 is 6.18 Å². The van der Waals surface area contributed by atoms with Gasteiger partial charge in [-0.3, -0.25) is 9.69 Å². The molecule has 0 saturated heterocycles. The normalized spacial score (nSPS) is 13.1. The number of rotatable bonds is 6. The smallest absolute Gasteiger partial charge is 0.360 e. The molecule has 1 unspecified atom stereocenters. The molecule has 8 heteroatoms. The number of aryl methyl sites for hydroxylation is 1. The highest BCUT2D eigenvalue weighted by atomic mass is 19.4. The van der Waals surface area contributed by atoms with Crippen LogP contribution in [0.3, 0.4) is 0 Å². The van der Waals surface area contributed by atoms with Crippen LogP contribution in [-0.4, -0.2) is 29.1 Å². The second-order valence-electron chi connectivity index (χ2n) is 5.81. The maximum Gasteiger partial charge on any atom is 0.416 e. The Morgan fingerprint density at radius 3 is 2.60 bits per heavy atom. The van der Waals surface area contributed by atoms with Gasteiger partial charge < -0.3 is 9.84 Å². The lowest BCUT2D eigenvalue weighted by atomic mass is 10.1. The molecular weight excluding hydrogens is 335 g/mol. The highest BCUT2D eigenvalue weighted by Gasteiger charge is 2.33. The molecule has 1 atom stereocenters. The van der Waals surface area contributed by atoms with Crippen LogP contribution in [0.15, 0.2) is 34.9 Å². The van der Waals surface area contributed by atoms with E-state index in [9.17, 15) is 18.0 Å². The average Bonchev–Trinajstić information content (AvgIpc) is 2.92. The summed E-state index contributed by atoms with van der Waals surface area (Å²) in [4.78, 5) is 14.0. The van der Waals surface area contributed by atoms with E-state index >= 15 is 0 Å². The molecule has 1 N–H and O–H groups in total. The molecule has 1 aromatic heterocycles. The van der Waals surface area contributed by atoms with Gasteiger partial charge in [0.1, 0.15) is 5.76 Å². The topological polar surface area (TPSA) is 58.4 Å². The largest absolute Gasteiger partial charge is 0.416 e. The molecule has 0 fully saturated rings. The molecule has 136 valence electrons. The van der Waals surface area contributed by atoms with Gasteiger partial charge in [0.15, 0.2) is 5.82 Å². The van der Waals surface area contributed by atoms with Gasteiger partial charge in [-0.25, -0.2) is 0 Å². The monoisotopic (exact) mass is 355 g/mol. The van der Waals surface area contributed by atoms with Gasteiger partial charge in [-0.1, -0.05) is 30.3 Å². The van der Waals surface area contributed by atoms with Crippen molar-refractivity contribution in [3.63, 3.8) is 0 Å². The molecule has 0 saturated carbocycles. The minimum absolute atomic E-state index is 0.000542. The van der Waals surface area contributed by atoms with Gasteiger partial charge in [0.05, 0.1) is 11.6 Å². The molecule has 0 bridgehead atoms. The van der Waals surface area contributed by atoms with Crippen molar-refractivity contribution in [2.45, 2.75) is 39.0 Å². The van der Waals surface area contributed by atoms with E-state index in [0.29, 0.717) is 12.2 Å². The molecule has 0 radical (unpaired) electrons. The molecule has 2 rings (SSSR count). The van der Waals surface area contributed by atoms with Crippen molar-refractivity contribution in [2.24, 2.45) is 0 Å². The number of nitrogens with one attached hydrogen (secondary N) is 1.